The van der Waals surface area contributed by atoms with Crippen molar-refractivity contribution in [2.45, 2.75) is 18.2 Å². The van der Waals surface area contributed by atoms with Crippen LogP contribution in [0, 0.1) is 6.92 Å². The molecule has 2 aliphatic rings. The number of nitrogens with zero attached hydrogens (tertiary/aromatic N) is 1. The minimum Gasteiger partial charge on any atom is -1.00 e. The number of hydrogen-bond donors (Lipinski definition) is 1. The number of nitrogens with two attached hydrogens (primary N) is 1. The Morgan fingerprint density at radius 1 is 1.47 bits per heavy atom. The van der Waals surface area contributed by atoms with E-state index in [1.54, 1.807) is 0 Å². The Balaban J connectivity index is 0.00000133. The van der Waals surface area contributed by atoms with Crippen molar-refractivity contribution >= 4 is 32.8 Å². The van der Waals surface area contributed by atoms with Crippen molar-refractivity contribution in [3.63, 3.8) is 0 Å². The number of halogens is 1. The molecule has 1 fully saturated rings. The van der Waals surface area contributed by atoms with Crippen molar-refractivity contribution in [2.75, 3.05) is 11.5 Å². The molecule has 3 atom stereocenters. The molecule has 2 aliphatic heterocycles. The predicted molar refractivity (Wildman–Crippen MR) is 74.0 cm³/mol. The molecule has 4 nitrogen and oxygen atoms in total. The first-order valence-electron chi connectivity index (χ1n) is 5.82. The smallest absolute Gasteiger partial charge is 0.310 e. The van der Waals surface area contributed by atoms with Crippen LogP contribution in [0.5, 0.6) is 0 Å². The molecule has 3 unspecified atom stereocenters. The van der Waals surface area contributed by atoms with Gasteiger partial charge in [-0.3, -0.25) is 5.73 Å². The van der Waals surface area contributed by atoms with E-state index in [0.29, 0.717) is 5.17 Å². The average molecular weight is 363 g/mol. The summed E-state index contributed by atoms with van der Waals surface area (Å²) < 4.78 is 25.4. The number of rotatable bonds is 1. The number of fused-ring (bicyclic) bond motifs is 1. The summed E-state index contributed by atoms with van der Waals surface area (Å²) in [6.45, 7) is 2.02. The molecule has 0 saturated carbocycles. The summed E-state index contributed by atoms with van der Waals surface area (Å²) >= 11 is 1.49. The van der Waals surface area contributed by atoms with Crippen molar-refractivity contribution in [3.8, 4) is 0 Å². The van der Waals surface area contributed by atoms with E-state index in [1.165, 1.54) is 11.8 Å². The Morgan fingerprint density at radius 2 is 2.21 bits per heavy atom. The Hall–Kier alpha value is -0.370. The van der Waals surface area contributed by atoms with E-state index in [2.05, 4.69) is 0 Å². The van der Waals surface area contributed by atoms with E-state index < -0.39 is 10.2 Å². The van der Waals surface area contributed by atoms with Crippen LogP contribution in [-0.4, -0.2) is 37.1 Å². The number of sulfone groups is 1. The Bertz CT molecular complexity index is 591. The van der Waals surface area contributed by atoms with Gasteiger partial charge in [-0.1, -0.05) is 12.1 Å². The summed E-state index contributed by atoms with van der Waals surface area (Å²) in [5.41, 5.74) is 8.19. The highest BCUT2D eigenvalue weighted by atomic mass is 79.9. The molecular formula is C12H15BrN2O2S2. The summed E-state index contributed by atoms with van der Waals surface area (Å²) in [6, 6.07) is 8.00. The number of aryl methyl sites for hydroxylation is 1. The first kappa shape index (κ1) is 15.0. The quantitative estimate of drug-likeness (QED) is 0.467. The van der Waals surface area contributed by atoms with Gasteiger partial charge in [0.1, 0.15) is 16.7 Å². The Morgan fingerprint density at radius 3 is 2.89 bits per heavy atom. The maximum absolute atomic E-state index is 11.7. The third kappa shape index (κ3) is 2.74. The first-order chi connectivity index (χ1) is 8.46. The van der Waals surface area contributed by atoms with E-state index in [1.807, 2.05) is 35.8 Å². The fourth-order valence-electron chi connectivity index (χ4n) is 2.62. The largest absolute Gasteiger partial charge is 1.00 e. The molecule has 0 amide bonds. The highest BCUT2D eigenvalue weighted by Gasteiger charge is 2.52. The molecule has 3 rings (SSSR count). The van der Waals surface area contributed by atoms with E-state index in [9.17, 15) is 8.76 Å². The van der Waals surface area contributed by atoms with Gasteiger partial charge in [-0.15, -0.1) is 4.21 Å². The SMILES string of the molecule is Cc1cccc([N+]2=C(N)SC3C[S+](=O)([O-])CC32)c1.[Br-]. The standard InChI is InChI=1S/C12H14N2O2S2.BrH/c1-8-3-2-4-9(5-8)14-10-6-18(15,16)7-11(10)17-12(14)13;/h2-5,10-11,13H,6-7H2,1H3;1H. The molecule has 19 heavy (non-hydrogen) atoms. The van der Waals surface area contributed by atoms with Crippen LogP contribution in [0.1, 0.15) is 5.56 Å². The van der Waals surface area contributed by atoms with Crippen LogP contribution < -0.4 is 22.7 Å². The minimum absolute atomic E-state index is 0. The highest BCUT2D eigenvalue weighted by Crippen LogP contribution is 2.38. The first-order valence-corrected chi connectivity index (χ1v) is 8.52. The van der Waals surface area contributed by atoms with Gasteiger partial charge in [-0.25, -0.2) is 4.58 Å². The van der Waals surface area contributed by atoms with Crippen LogP contribution in [-0.2, 0) is 14.4 Å². The zero-order chi connectivity index (χ0) is 12.9. The number of amidine groups is 1. The summed E-state index contributed by atoms with van der Waals surface area (Å²) in [5, 5.41) is 0.793. The van der Waals surface area contributed by atoms with Crippen LogP contribution in [0.4, 0.5) is 5.69 Å². The van der Waals surface area contributed by atoms with Crippen molar-refractivity contribution in [1.82, 2.24) is 0 Å². The van der Waals surface area contributed by atoms with Gasteiger partial charge in [0.05, 0.1) is 10.2 Å². The van der Waals surface area contributed by atoms with E-state index in [4.69, 9.17) is 5.73 Å². The lowest BCUT2D eigenvalue weighted by atomic mass is 10.2. The van der Waals surface area contributed by atoms with Crippen molar-refractivity contribution in [1.29, 1.82) is 0 Å². The summed E-state index contributed by atoms with van der Waals surface area (Å²) in [6.07, 6.45) is 0. The van der Waals surface area contributed by atoms with Gasteiger partial charge < -0.3 is 21.5 Å². The normalized spacial score (nSPS) is 33.2. The van der Waals surface area contributed by atoms with Gasteiger partial charge >= 0.3 is 5.17 Å². The molecule has 1 aromatic rings. The number of benzene rings is 1. The second kappa shape index (κ2) is 5.20. The summed E-state index contributed by atoms with van der Waals surface area (Å²) in [7, 11) is -2.91. The third-order valence-electron chi connectivity index (χ3n) is 3.39. The number of thioether (sulfide) groups is 1. The molecule has 2 N–H and O–H groups in total. The molecule has 0 bridgehead atoms. The molecule has 1 saturated heterocycles. The van der Waals surface area contributed by atoms with Crippen molar-refractivity contribution in [3.05, 3.63) is 29.8 Å². The van der Waals surface area contributed by atoms with Crippen LogP contribution in [0.3, 0.4) is 0 Å². The number of hydrogen-bond acceptors (Lipinski definition) is 4. The second-order valence-corrected chi connectivity index (χ2v) is 8.26. The average Bonchev–Trinajstić information content (AvgIpc) is 2.68. The lowest BCUT2D eigenvalue weighted by molar-refractivity contribution is -0.470. The lowest BCUT2D eigenvalue weighted by Gasteiger charge is -2.11. The third-order valence-corrected chi connectivity index (χ3v) is 6.54. The zero-order valence-corrected chi connectivity index (χ0v) is 13.6. The van der Waals surface area contributed by atoms with Gasteiger partial charge in [0, 0.05) is 0 Å². The van der Waals surface area contributed by atoms with Gasteiger partial charge in [-0.2, -0.15) is 0 Å². The van der Waals surface area contributed by atoms with Gasteiger partial charge in [0.15, 0.2) is 11.8 Å². The highest BCUT2D eigenvalue weighted by molar-refractivity contribution is 8.15. The van der Waals surface area contributed by atoms with E-state index in [0.717, 1.165) is 11.3 Å². The van der Waals surface area contributed by atoms with Crippen LogP contribution in [0.25, 0.3) is 0 Å². The topological polar surface area (TPSA) is 69.2 Å². The summed E-state index contributed by atoms with van der Waals surface area (Å²) in [4.78, 5) is 0. The van der Waals surface area contributed by atoms with Gasteiger partial charge in [0.25, 0.3) is 0 Å². The molecule has 104 valence electrons. The zero-order valence-electron chi connectivity index (χ0n) is 10.4. The Kier molecular flexibility index (Phi) is 4.11. The van der Waals surface area contributed by atoms with Crippen LogP contribution >= 0.6 is 11.8 Å². The molecule has 2 heterocycles. The summed E-state index contributed by atoms with van der Waals surface area (Å²) in [5.74, 6) is 0.449. The fourth-order valence-corrected chi connectivity index (χ4v) is 6.44. The van der Waals surface area contributed by atoms with Gasteiger partial charge in [0.2, 0.25) is 0 Å². The van der Waals surface area contributed by atoms with E-state index >= 15 is 0 Å². The maximum atomic E-state index is 11.7. The molecule has 0 radical (unpaired) electrons. The van der Waals surface area contributed by atoms with E-state index in [-0.39, 0.29) is 39.8 Å². The predicted octanol–water partition coefficient (Wildman–Crippen LogP) is -1.91. The second-order valence-electron chi connectivity index (χ2n) is 4.85. The molecule has 0 aliphatic carbocycles. The van der Waals surface area contributed by atoms with Crippen molar-refractivity contribution in [2.24, 2.45) is 5.73 Å². The van der Waals surface area contributed by atoms with Crippen LogP contribution in [0.15, 0.2) is 24.3 Å². The molecule has 7 heteroatoms. The molecule has 0 aromatic heterocycles. The van der Waals surface area contributed by atoms with Crippen molar-refractivity contribution < 1.29 is 30.3 Å². The monoisotopic (exact) mass is 362 g/mol. The molecule has 1 aromatic carbocycles. The minimum atomic E-state index is -2.91. The van der Waals surface area contributed by atoms with Gasteiger partial charge in [-0.05, 0) is 36.4 Å². The van der Waals surface area contributed by atoms with Crippen LogP contribution in [0.2, 0.25) is 0 Å². The fraction of sp³-hybridized carbons (Fsp3) is 0.417. The molecular weight excluding hydrogens is 348 g/mol. The molecule has 0 spiro atoms. The lowest BCUT2D eigenvalue weighted by Crippen LogP contribution is -3.00. The Labute approximate surface area is 128 Å². The maximum Gasteiger partial charge on any atom is 0.310 e.